The number of epoxide rings is 1. The Labute approximate surface area is 201 Å². The maximum absolute atomic E-state index is 13.3. The van der Waals surface area contributed by atoms with Crippen LogP contribution < -0.4 is 0 Å². The maximum Gasteiger partial charge on any atom is 0.336 e. The summed E-state index contributed by atoms with van der Waals surface area (Å²) >= 11 is 0. The molecule has 6 heteroatoms. The second-order valence-electron chi connectivity index (χ2n) is 12.5. The van der Waals surface area contributed by atoms with Gasteiger partial charge >= 0.3 is 5.97 Å². The van der Waals surface area contributed by atoms with Crippen molar-refractivity contribution < 1.29 is 29.3 Å². The zero-order valence-electron chi connectivity index (χ0n) is 20.8. The molecule has 3 saturated carbocycles. The van der Waals surface area contributed by atoms with Crippen LogP contribution in [0.4, 0.5) is 0 Å². The van der Waals surface area contributed by atoms with Crippen molar-refractivity contribution in [3.05, 3.63) is 23.3 Å². The molecule has 1 saturated heterocycles. The van der Waals surface area contributed by atoms with Crippen molar-refractivity contribution in [2.75, 3.05) is 6.61 Å². The van der Waals surface area contributed by atoms with Crippen LogP contribution in [-0.2, 0) is 19.1 Å². The van der Waals surface area contributed by atoms with Gasteiger partial charge in [-0.1, -0.05) is 19.4 Å². The molecule has 4 aliphatic carbocycles. The predicted octanol–water partition coefficient (Wildman–Crippen LogP) is 3.35. The molecule has 34 heavy (non-hydrogen) atoms. The van der Waals surface area contributed by atoms with Crippen molar-refractivity contribution in [3.63, 3.8) is 0 Å². The molecular formula is C28H38O6. The lowest BCUT2D eigenvalue weighted by atomic mass is 9.44. The molecule has 0 amide bonds. The first-order valence-corrected chi connectivity index (χ1v) is 13.2. The van der Waals surface area contributed by atoms with Crippen LogP contribution in [-0.4, -0.2) is 52.5 Å². The first kappa shape index (κ1) is 22.9. The summed E-state index contributed by atoms with van der Waals surface area (Å²) in [6, 6.07) is 0. The number of ketones is 1. The van der Waals surface area contributed by atoms with E-state index in [0.29, 0.717) is 29.7 Å². The van der Waals surface area contributed by atoms with E-state index in [1.807, 2.05) is 6.92 Å². The van der Waals surface area contributed by atoms with Gasteiger partial charge in [-0.3, -0.25) is 4.79 Å². The van der Waals surface area contributed by atoms with Gasteiger partial charge in [0.1, 0.15) is 17.8 Å². The first-order valence-electron chi connectivity index (χ1n) is 13.2. The number of rotatable bonds is 3. The van der Waals surface area contributed by atoms with Crippen LogP contribution in [0.5, 0.6) is 0 Å². The molecule has 2 heterocycles. The molecule has 0 bridgehead atoms. The van der Waals surface area contributed by atoms with Crippen molar-refractivity contribution in [3.8, 4) is 0 Å². The Morgan fingerprint density at radius 1 is 1.18 bits per heavy atom. The van der Waals surface area contributed by atoms with E-state index in [1.54, 1.807) is 12.2 Å². The number of aliphatic hydroxyl groups is 2. The largest absolute Gasteiger partial charge is 0.458 e. The summed E-state index contributed by atoms with van der Waals surface area (Å²) < 4.78 is 12.1. The number of hydrogen-bond donors (Lipinski definition) is 2. The fourth-order valence-electron chi connectivity index (χ4n) is 9.69. The number of hydrogen-bond acceptors (Lipinski definition) is 6. The van der Waals surface area contributed by atoms with Gasteiger partial charge < -0.3 is 19.7 Å². The fraction of sp³-hybridized carbons (Fsp3) is 0.786. The van der Waals surface area contributed by atoms with Gasteiger partial charge in [-0.05, 0) is 93.1 Å². The number of cyclic esters (lactones) is 1. The van der Waals surface area contributed by atoms with Crippen molar-refractivity contribution in [1.82, 2.24) is 0 Å². The minimum atomic E-state index is -0.719. The monoisotopic (exact) mass is 470 g/mol. The summed E-state index contributed by atoms with van der Waals surface area (Å²) in [4.78, 5) is 25.8. The highest BCUT2D eigenvalue weighted by Gasteiger charge is 2.80. The average Bonchev–Trinajstić information content (AvgIpc) is 3.43. The molecule has 186 valence electrons. The minimum Gasteiger partial charge on any atom is -0.458 e. The fourth-order valence-corrected chi connectivity index (χ4v) is 9.69. The average molecular weight is 471 g/mol. The van der Waals surface area contributed by atoms with Gasteiger partial charge in [0, 0.05) is 6.42 Å². The summed E-state index contributed by atoms with van der Waals surface area (Å²) in [5.74, 6) is 1.61. The maximum atomic E-state index is 13.3. The molecule has 1 spiro atoms. The minimum absolute atomic E-state index is 0.0366. The zero-order valence-corrected chi connectivity index (χ0v) is 20.8. The van der Waals surface area contributed by atoms with Gasteiger partial charge in [0.05, 0.1) is 23.7 Å². The van der Waals surface area contributed by atoms with E-state index in [1.165, 1.54) is 0 Å². The first-order chi connectivity index (χ1) is 16.1. The summed E-state index contributed by atoms with van der Waals surface area (Å²) in [5, 5.41) is 20.4. The third-order valence-corrected chi connectivity index (χ3v) is 11.6. The van der Waals surface area contributed by atoms with Crippen LogP contribution in [0.2, 0.25) is 0 Å². The number of fused-ring (bicyclic) bond motifs is 4. The second-order valence-corrected chi connectivity index (χ2v) is 12.5. The predicted molar refractivity (Wildman–Crippen MR) is 124 cm³/mol. The van der Waals surface area contributed by atoms with Gasteiger partial charge in [-0.25, -0.2) is 4.79 Å². The lowest BCUT2D eigenvalue weighted by Crippen LogP contribution is -2.63. The summed E-state index contributed by atoms with van der Waals surface area (Å²) in [6.45, 7) is 8.41. The summed E-state index contributed by atoms with van der Waals surface area (Å²) in [5.41, 5.74) is 0.129. The second kappa shape index (κ2) is 7.27. The lowest BCUT2D eigenvalue weighted by molar-refractivity contribution is -0.155. The molecule has 0 aromatic rings. The molecule has 6 rings (SSSR count). The normalized spacial score (nSPS) is 52.4. The van der Waals surface area contributed by atoms with Crippen molar-refractivity contribution >= 4 is 11.8 Å². The summed E-state index contributed by atoms with van der Waals surface area (Å²) in [7, 11) is 0. The van der Waals surface area contributed by atoms with Crippen LogP contribution in [0, 0.1) is 40.4 Å². The Balaban J connectivity index is 1.27. The zero-order chi connectivity index (χ0) is 24.2. The number of carbonyl (C=O) groups is 2. The van der Waals surface area contributed by atoms with Crippen LogP contribution in [0.25, 0.3) is 0 Å². The molecule has 6 aliphatic rings. The standard InChI is InChI=1S/C28H38O6/c1-14-11-21(33-25(32)17(14)13-29)15(2)18-5-6-19-16-12-24-28(34-24)23(31)8-7-22(30)27(28,4)20(16)9-10-26(18,19)3/h7-8,15-16,18-21,23-24,29,31H,5-6,9-13H2,1-4H3/t15-,16?,18?,19-,20?,21?,23-,24+,26+,27-,28+/m0/s1. The Morgan fingerprint density at radius 3 is 2.65 bits per heavy atom. The van der Waals surface area contributed by atoms with E-state index in [2.05, 4.69) is 20.8 Å². The van der Waals surface area contributed by atoms with Crippen molar-refractivity contribution in [2.45, 2.75) is 90.1 Å². The quantitative estimate of drug-likeness (QED) is 0.485. The van der Waals surface area contributed by atoms with Crippen molar-refractivity contribution in [2.24, 2.45) is 40.4 Å². The highest BCUT2D eigenvalue weighted by molar-refractivity contribution is 5.98. The van der Waals surface area contributed by atoms with E-state index < -0.39 is 17.1 Å². The van der Waals surface area contributed by atoms with Crippen LogP contribution in [0.1, 0.15) is 66.2 Å². The molecule has 0 aromatic heterocycles. The van der Waals surface area contributed by atoms with Gasteiger partial charge in [-0.2, -0.15) is 0 Å². The molecule has 4 fully saturated rings. The van der Waals surface area contributed by atoms with Gasteiger partial charge in [0.15, 0.2) is 5.78 Å². The third-order valence-electron chi connectivity index (χ3n) is 11.6. The van der Waals surface area contributed by atoms with E-state index >= 15 is 0 Å². The molecule has 2 aliphatic heterocycles. The van der Waals surface area contributed by atoms with Crippen LogP contribution in [0.15, 0.2) is 23.3 Å². The number of aliphatic hydroxyl groups excluding tert-OH is 2. The summed E-state index contributed by atoms with van der Waals surface area (Å²) in [6.07, 6.45) is 8.23. The van der Waals surface area contributed by atoms with Gasteiger partial charge in [0.25, 0.3) is 0 Å². The van der Waals surface area contributed by atoms with Gasteiger partial charge in [-0.15, -0.1) is 0 Å². The SMILES string of the molecule is CC1=C(CO)C(=O)OC([C@@H](C)C2CC[C@H]3C4C[C@H]5O[C@]56[C@@H](O)C=CC(=O)[C@]6(C)C4CC[C@]23C)C1. The molecule has 6 nitrogen and oxygen atoms in total. The van der Waals surface area contributed by atoms with Crippen LogP contribution in [0.3, 0.4) is 0 Å². The number of esters is 1. The third kappa shape index (κ3) is 2.63. The molecular weight excluding hydrogens is 432 g/mol. The number of ether oxygens (including phenoxy) is 2. The Bertz CT molecular complexity index is 999. The Hall–Kier alpha value is -1.50. The molecule has 0 radical (unpaired) electrons. The molecule has 2 N–H and O–H groups in total. The van der Waals surface area contributed by atoms with E-state index in [-0.39, 0.29) is 47.8 Å². The van der Waals surface area contributed by atoms with Crippen molar-refractivity contribution in [1.29, 1.82) is 0 Å². The Morgan fingerprint density at radius 2 is 1.94 bits per heavy atom. The molecule has 0 aromatic carbocycles. The molecule has 11 atom stereocenters. The van der Waals surface area contributed by atoms with Gasteiger partial charge in [0.2, 0.25) is 0 Å². The van der Waals surface area contributed by atoms with Crippen LogP contribution >= 0.6 is 0 Å². The van der Waals surface area contributed by atoms with E-state index in [4.69, 9.17) is 9.47 Å². The highest BCUT2D eigenvalue weighted by atomic mass is 16.6. The number of carbonyl (C=O) groups excluding carboxylic acids is 2. The molecule has 4 unspecified atom stereocenters. The topological polar surface area (TPSA) is 96.4 Å². The smallest absolute Gasteiger partial charge is 0.336 e. The van der Waals surface area contributed by atoms with E-state index in [9.17, 15) is 19.8 Å². The number of allylic oxidation sites excluding steroid dienone is 1. The van der Waals surface area contributed by atoms with E-state index in [0.717, 1.165) is 37.7 Å². The Kier molecular flexibility index (Phi) is 4.90. The highest BCUT2D eigenvalue weighted by Crippen LogP contribution is 2.73. The lowest BCUT2D eigenvalue weighted by Gasteiger charge is -2.58.